The van der Waals surface area contributed by atoms with Crippen molar-refractivity contribution in [1.29, 1.82) is 0 Å². The van der Waals surface area contributed by atoms with Crippen molar-refractivity contribution >= 4 is 11.9 Å². The van der Waals surface area contributed by atoms with Crippen molar-refractivity contribution in [3.8, 4) is 0 Å². The molecule has 1 aliphatic rings. The number of carbonyl (C=O) groups is 2. The number of benzene rings is 1. The molecule has 1 aromatic carbocycles. The van der Waals surface area contributed by atoms with E-state index in [1.165, 1.54) is 0 Å². The van der Waals surface area contributed by atoms with Gasteiger partial charge >= 0.3 is 5.97 Å². The summed E-state index contributed by atoms with van der Waals surface area (Å²) in [6.45, 7) is 3.08. The highest BCUT2D eigenvalue weighted by Gasteiger charge is 2.41. The highest BCUT2D eigenvalue weighted by molar-refractivity contribution is 5.86. The van der Waals surface area contributed by atoms with E-state index in [1.54, 1.807) is 0 Å². The predicted octanol–water partition coefficient (Wildman–Crippen LogP) is 2.38. The first-order valence-electron chi connectivity index (χ1n) is 7.76. The van der Waals surface area contributed by atoms with Crippen LogP contribution in [0.15, 0.2) is 30.3 Å². The van der Waals surface area contributed by atoms with Gasteiger partial charge in [0.05, 0.1) is 17.9 Å². The second kappa shape index (κ2) is 7.94. The SMILES string of the molecule is CC(OCCCNC(=O)C1CCC1C(=O)O)c1ccccc1. The summed E-state index contributed by atoms with van der Waals surface area (Å²) in [5.74, 6) is -1.88. The molecule has 1 fully saturated rings. The van der Waals surface area contributed by atoms with Gasteiger partial charge < -0.3 is 15.2 Å². The van der Waals surface area contributed by atoms with E-state index in [4.69, 9.17) is 9.84 Å². The van der Waals surface area contributed by atoms with Crippen LogP contribution in [0.25, 0.3) is 0 Å². The van der Waals surface area contributed by atoms with Gasteiger partial charge in [0.2, 0.25) is 5.91 Å². The van der Waals surface area contributed by atoms with E-state index >= 15 is 0 Å². The molecule has 1 saturated carbocycles. The third kappa shape index (κ3) is 4.31. The molecule has 1 aliphatic carbocycles. The number of carbonyl (C=O) groups excluding carboxylic acids is 1. The van der Waals surface area contributed by atoms with E-state index in [0.717, 1.165) is 5.56 Å². The molecule has 0 bridgehead atoms. The van der Waals surface area contributed by atoms with E-state index < -0.39 is 11.9 Å². The lowest BCUT2D eigenvalue weighted by molar-refractivity contribution is -0.152. The minimum Gasteiger partial charge on any atom is -0.481 e. The van der Waals surface area contributed by atoms with Crippen LogP contribution in [0.4, 0.5) is 0 Å². The molecule has 1 aromatic rings. The van der Waals surface area contributed by atoms with Gasteiger partial charge in [0.1, 0.15) is 0 Å². The first-order valence-corrected chi connectivity index (χ1v) is 7.76. The van der Waals surface area contributed by atoms with E-state index in [2.05, 4.69) is 5.32 Å². The van der Waals surface area contributed by atoms with Gasteiger partial charge in [-0.1, -0.05) is 30.3 Å². The maximum atomic E-state index is 11.8. The summed E-state index contributed by atoms with van der Waals surface area (Å²) in [7, 11) is 0. The van der Waals surface area contributed by atoms with Crippen molar-refractivity contribution in [2.24, 2.45) is 11.8 Å². The molecule has 1 amide bonds. The Balaban J connectivity index is 1.59. The molecular formula is C17H23NO4. The molecule has 0 radical (unpaired) electrons. The molecule has 3 unspecified atom stereocenters. The van der Waals surface area contributed by atoms with Crippen molar-refractivity contribution in [2.75, 3.05) is 13.2 Å². The van der Waals surface area contributed by atoms with Crippen molar-refractivity contribution in [3.63, 3.8) is 0 Å². The predicted molar refractivity (Wildman–Crippen MR) is 82.3 cm³/mol. The Morgan fingerprint density at radius 2 is 1.95 bits per heavy atom. The van der Waals surface area contributed by atoms with Crippen LogP contribution in [0.2, 0.25) is 0 Å². The quantitative estimate of drug-likeness (QED) is 0.723. The van der Waals surface area contributed by atoms with E-state index in [9.17, 15) is 9.59 Å². The van der Waals surface area contributed by atoms with Gasteiger partial charge in [0.15, 0.2) is 0 Å². The number of carboxylic acids is 1. The number of nitrogens with one attached hydrogen (secondary N) is 1. The van der Waals surface area contributed by atoms with Crippen molar-refractivity contribution in [3.05, 3.63) is 35.9 Å². The number of ether oxygens (including phenoxy) is 1. The molecule has 2 N–H and O–H groups in total. The van der Waals surface area contributed by atoms with Gasteiger partial charge in [0, 0.05) is 13.2 Å². The first-order chi connectivity index (χ1) is 10.6. The molecule has 0 heterocycles. The summed E-state index contributed by atoms with van der Waals surface area (Å²) >= 11 is 0. The maximum absolute atomic E-state index is 11.8. The Morgan fingerprint density at radius 1 is 1.27 bits per heavy atom. The molecule has 0 aromatic heterocycles. The van der Waals surface area contributed by atoms with Crippen LogP contribution in [0, 0.1) is 11.8 Å². The Kier molecular flexibility index (Phi) is 5.95. The smallest absolute Gasteiger partial charge is 0.307 e. The Hall–Kier alpha value is -1.88. The average molecular weight is 305 g/mol. The van der Waals surface area contributed by atoms with Crippen molar-refractivity contribution in [2.45, 2.75) is 32.3 Å². The van der Waals surface area contributed by atoms with Crippen LogP contribution in [0.3, 0.4) is 0 Å². The summed E-state index contributed by atoms with van der Waals surface area (Å²) in [6, 6.07) is 9.97. The summed E-state index contributed by atoms with van der Waals surface area (Å²) in [5, 5.41) is 11.7. The van der Waals surface area contributed by atoms with Crippen LogP contribution >= 0.6 is 0 Å². The molecule has 0 aliphatic heterocycles. The third-order valence-corrected chi connectivity index (χ3v) is 4.19. The summed E-state index contributed by atoms with van der Waals surface area (Å²) in [4.78, 5) is 22.7. The van der Waals surface area contributed by atoms with Crippen LogP contribution in [0.1, 0.15) is 37.9 Å². The number of amides is 1. The van der Waals surface area contributed by atoms with Gasteiger partial charge in [-0.05, 0) is 31.7 Å². The Labute approximate surface area is 130 Å². The van der Waals surface area contributed by atoms with E-state index in [-0.39, 0.29) is 17.9 Å². The summed E-state index contributed by atoms with van der Waals surface area (Å²) in [6.07, 6.45) is 2.02. The second-order valence-electron chi connectivity index (χ2n) is 5.70. The minimum atomic E-state index is -0.869. The molecule has 5 nitrogen and oxygen atoms in total. The maximum Gasteiger partial charge on any atom is 0.307 e. The summed E-state index contributed by atoms with van der Waals surface area (Å²) in [5.41, 5.74) is 1.13. The molecule has 3 atom stereocenters. The second-order valence-corrected chi connectivity index (χ2v) is 5.70. The average Bonchev–Trinajstić information content (AvgIpc) is 2.45. The van der Waals surface area contributed by atoms with Gasteiger partial charge in [-0.25, -0.2) is 0 Å². The highest BCUT2D eigenvalue weighted by Crippen LogP contribution is 2.34. The Morgan fingerprint density at radius 3 is 2.55 bits per heavy atom. The topological polar surface area (TPSA) is 75.6 Å². The van der Waals surface area contributed by atoms with Crippen LogP contribution in [0.5, 0.6) is 0 Å². The fourth-order valence-electron chi connectivity index (χ4n) is 2.60. The number of hydrogen-bond donors (Lipinski definition) is 2. The fourth-order valence-corrected chi connectivity index (χ4v) is 2.60. The molecule has 0 saturated heterocycles. The molecule has 120 valence electrons. The van der Waals surface area contributed by atoms with Gasteiger partial charge in [-0.15, -0.1) is 0 Å². The van der Waals surface area contributed by atoms with Crippen LogP contribution in [-0.2, 0) is 14.3 Å². The number of hydrogen-bond acceptors (Lipinski definition) is 3. The van der Waals surface area contributed by atoms with Gasteiger partial charge in [-0.2, -0.15) is 0 Å². The van der Waals surface area contributed by atoms with Gasteiger partial charge in [-0.3, -0.25) is 9.59 Å². The van der Waals surface area contributed by atoms with Crippen LogP contribution < -0.4 is 5.32 Å². The highest BCUT2D eigenvalue weighted by atomic mass is 16.5. The van der Waals surface area contributed by atoms with Crippen molar-refractivity contribution in [1.82, 2.24) is 5.32 Å². The minimum absolute atomic E-state index is 0.0277. The number of aliphatic carboxylic acids is 1. The normalized spacial score (nSPS) is 21.7. The van der Waals surface area contributed by atoms with E-state index in [0.29, 0.717) is 32.4 Å². The standard InChI is InChI=1S/C17H23NO4/c1-12(13-6-3-2-4-7-13)22-11-5-10-18-16(19)14-8-9-15(14)17(20)21/h2-4,6-7,12,14-15H,5,8-11H2,1H3,(H,18,19)(H,20,21). The van der Waals surface area contributed by atoms with Crippen LogP contribution in [-0.4, -0.2) is 30.1 Å². The molecular weight excluding hydrogens is 282 g/mol. The fraction of sp³-hybridized carbons (Fsp3) is 0.529. The van der Waals surface area contributed by atoms with E-state index in [1.807, 2.05) is 37.3 Å². The summed E-state index contributed by atoms with van der Waals surface area (Å²) < 4.78 is 5.72. The number of rotatable bonds is 8. The zero-order valence-corrected chi connectivity index (χ0v) is 12.8. The Bertz CT molecular complexity index is 503. The molecule has 22 heavy (non-hydrogen) atoms. The lowest BCUT2D eigenvalue weighted by Gasteiger charge is -2.31. The molecule has 5 heteroatoms. The first kappa shape index (κ1) is 16.5. The largest absolute Gasteiger partial charge is 0.481 e. The third-order valence-electron chi connectivity index (χ3n) is 4.19. The van der Waals surface area contributed by atoms with Gasteiger partial charge in [0.25, 0.3) is 0 Å². The molecule has 2 rings (SSSR count). The zero-order chi connectivity index (χ0) is 15.9. The lowest BCUT2D eigenvalue weighted by Crippen LogP contribution is -2.44. The monoisotopic (exact) mass is 305 g/mol. The van der Waals surface area contributed by atoms with Crippen molar-refractivity contribution < 1.29 is 19.4 Å². The lowest BCUT2D eigenvalue weighted by atomic mass is 9.73. The molecule has 0 spiro atoms. The number of carboxylic acid groups (broad SMARTS) is 1. The zero-order valence-electron chi connectivity index (χ0n) is 12.8.